The van der Waals surface area contributed by atoms with Crippen molar-refractivity contribution in [2.45, 2.75) is 31.8 Å². The normalized spacial score (nSPS) is 19.2. The maximum Gasteiger partial charge on any atom is 0.167 e. The van der Waals surface area contributed by atoms with Gasteiger partial charge in [0, 0.05) is 30.8 Å². The predicted molar refractivity (Wildman–Crippen MR) is 86.3 cm³/mol. The quantitative estimate of drug-likeness (QED) is 0.943. The van der Waals surface area contributed by atoms with Crippen LogP contribution in [0.1, 0.15) is 25.0 Å². The zero-order valence-corrected chi connectivity index (χ0v) is 12.9. The van der Waals surface area contributed by atoms with Crippen LogP contribution in [0.15, 0.2) is 40.9 Å². The van der Waals surface area contributed by atoms with Crippen molar-refractivity contribution in [1.29, 1.82) is 0 Å². The Morgan fingerprint density at radius 1 is 1.24 bits per heavy atom. The lowest BCUT2D eigenvalue weighted by atomic mass is 10.0. The Balaban J connectivity index is 0.00000161. The number of hydrogen-bond donors (Lipinski definition) is 1. The molecule has 1 aromatic heterocycles. The summed E-state index contributed by atoms with van der Waals surface area (Å²) in [7, 11) is 0. The highest BCUT2D eigenvalue weighted by Crippen LogP contribution is 2.23. The molecule has 2 N–H and O–H groups in total. The van der Waals surface area contributed by atoms with Crippen molar-refractivity contribution >= 4 is 12.4 Å². The molecule has 0 aliphatic carbocycles. The summed E-state index contributed by atoms with van der Waals surface area (Å²) >= 11 is 0. The van der Waals surface area contributed by atoms with Crippen molar-refractivity contribution in [1.82, 2.24) is 10.1 Å². The molecule has 1 aliphatic rings. The fraction of sp³-hybridized carbons (Fsp3) is 0.438. The monoisotopic (exact) mass is 307 g/mol. The van der Waals surface area contributed by atoms with Crippen LogP contribution in [0, 0.1) is 0 Å². The second-order valence-electron chi connectivity index (χ2n) is 5.40. The first-order valence-corrected chi connectivity index (χ1v) is 7.32. The van der Waals surface area contributed by atoms with Crippen molar-refractivity contribution in [3.63, 3.8) is 0 Å². The van der Waals surface area contributed by atoms with E-state index >= 15 is 0 Å². The fourth-order valence-electron chi connectivity index (χ4n) is 2.87. The Labute approximate surface area is 131 Å². The molecule has 3 rings (SSSR count). The number of likely N-dealkylation sites (tertiary alicyclic amines) is 1. The van der Waals surface area contributed by atoms with Crippen LogP contribution < -0.4 is 5.73 Å². The molecule has 0 spiro atoms. The molecular formula is C16H22ClN3O. The summed E-state index contributed by atoms with van der Waals surface area (Å²) in [5.74, 6) is 0.835. The van der Waals surface area contributed by atoms with Crippen LogP contribution in [0.3, 0.4) is 0 Å². The van der Waals surface area contributed by atoms with Crippen LogP contribution in [0.5, 0.6) is 0 Å². The summed E-state index contributed by atoms with van der Waals surface area (Å²) in [4.78, 5) is 2.43. The summed E-state index contributed by atoms with van der Waals surface area (Å²) in [5.41, 5.74) is 7.92. The van der Waals surface area contributed by atoms with Gasteiger partial charge in [-0.25, -0.2) is 0 Å². The molecule has 114 valence electrons. The van der Waals surface area contributed by atoms with E-state index in [9.17, 15) is 0 Å². The molecule has 0 amide bonds. The Morgan fingerprint density at radius 3 is 2.81 bits per heavy atom. The maximum atomic E-state index is 5.86. The van der Waals surface area contributed by atoms with Crippen LogP contribution in [-0.2, 0) is 6.54 Å². The lowest BCUT2D eigenvalue weighted by Gasteiger charge is -2.34. The predicted octanol–water partition coefficient (Wildman–Crippen LogP) is 3.08. The lowest BCUT2D eigenvalue weighted by molar-refractivity contribution is 0.141. The Bertz CT molecular complexity index is 543. The third kappa shape index (κ3) is 3.84. The number of halogens is 1. The standard InChI is InChI=1S/C16H21N3O.ClH/c17-11-15-8-4-5-9-19(15)12-14-10-16(20-18-14)13-6-2-1-3-7-13;/h1-3,6-7,10,15H,4-5,8-9,11-12,17H2;1H. The average Bonchev–Trinajstić information content (AvgIpc) is 2.97. The molecule has 1 unspecified atom stereocenters. The highest BCUT2D eigenvalue weighted by molar-refractivity contribution is 5.85. The number of piperidine rings is 1. The highest BCUT2D eigenvalue weighted by Gasteiger charge is 2.22. The first-order chi connectivity index (χ1) is 9.86. The van der Waals surface area contributed by atoms with Crippen LogP contribution in [0.2, 0.25) is 0 Å². The third-order valence-corrected chi connectivity index (χ3v) is 4.00. The van der Waals surface area contributed by atoms with Crippen LogP contribution in [0.4, 0.5) is 0 Å². The molecule has 5 heteroatoms. The molecule has 1 aliphatic heterocycles. The van der Waals surface area contributed by atoms with Gasteiger partial charge in [-0.1, -0.05) is 41.9 Å². The number of rotatable bonds is 4. The van der Waals surface area contributed by atoms with Gasteiger partial charge < -0.3 is 10.3 Å². The van der Waals surface area contributed by atoms with Gasteiger partial charge in [-0.3, -0.25) is 4.90 Å². The van der Waals surface area contributed by atoms with Gasteiger partial charge in [0.1, 0.15) is 0 Å². The topological polar surface area (TPSA) is 55.3 Å². The molecule has 2 heterocycles. The third-order valence-electron chi connectivity index (χ3n) is 4.00. The van der Waals surface area contributed by atoms with Crippen molar-refractivity contribution < 1.29 is 4.52 Å². The Morgan fingerprint density at radius 2 is 2.05 bits per heavy atom. The van der Waals surface area contributed by atoms with Gasteiger partial charge in [-0.2, -0.15) is 0 Å². The zero-order valence-electron chi connectivity index (χ0n) is 12.1. The van der Waals surface area contributed by atoms with E-state index in [4.69, 9.17) is 10.3 Å². The second-order valence-corrected chi connectivity index (χ2v) is 5.40. The van der Waals surface area contributed by atoms with E-state index in [0.29, 0.717) is 6.04 Å². The van der Waals surface area contributed by atoms with E-state index < -0.39 is 0 Å². The number of hydrogen-bond acceptors (Lipinski definition) is 4. The molecule has 21 heavy (non-hydrogen) atoms. The minimum atomic E-state index is 0. The minimum Gasteiger partial charge on any atom is -0.356 e. The molecule has 0 bridgehead atoms. The van der Waals surface area contributed by atoms with Crippen molar-refractivity contribution in [3.8, 4) is 11.3 Å². The average molecular weight is 308 g/mol. The van der Waals surface area contributed by atoms with E-state index in [1.807, 2.05) is 36.4 Å². The molecule has 1 saturated heterocycles. The first kappa shape index (κ1) is 16.0. The molecule has 4 nitrogen and oxygen atoms in total. The lowest BCUT2D eigenvalue weighted by Crippen LogP contribution is -2.43. The van der Waals surface area contributed by atoms with Crippen LogP contribution in [0.25, 0.3) is 11.3 Å². The molecule has 2 aromatic rings. The van der Waals surface area contributed by atoms with E-state index in [-0.39, 0.29) is 12.4 Å². The van der Waals surface area contributed by atoms with Gasteiger partial charge in [0.25, 0.3) is 0 Å². The van der Waals surface area contributed by atoms with Crippen LogP contribution in [-0.4, -0.2) is 29.2 Å². The number of benzene rings is 1. The van der Waals surface area contributed by atoms with Gasteiger partial charge in [0.05, 0.1) is 5.69 Å². The van der Waals surface area contributed by atoms with Gasteiger partial charge in [-0.05, 0) is 19.4 Å². The van der Waals surface area contributed by atoms with E-state index in [1.54, 1.807) is 0 Å². The zero-order chi connectivity index (χ0) is 13.8. The number of nitrogens with two attached hydrogens (primary N) is 1. The summed E-state index contributed by atoms with van der Waals surface area (Å²) in [6.07, 6.45) is 3.73. The van der Waals surface area contributed by atoms with E-state index in [0.717, 1.165) is 36.7 Å². The smallest absolute Gasteiger partial charge is 0.167 e. The van der Waals surface area contributed by atoms with Crippen molar-refractivity contribution in [2.24, 2.45) is 5.73 Å². The molecule has 1 aromatic carbocycles. The Hall–Kier alpha value is -1.36. The summed E-state index contributed by atoms with van der Waals surface area (Å²) in [5, 5.41) is 4.20. The first-order valence-electron chi connectivity index (χ1n) is 7.32. The molecule has 1 fully saturated rings. The summed E-state index contributed by atoms with van der Waals surface area (Å²) in [6, 6.07) is 12.6. The summed E-state index contributed by atoms with van der Waals surface area (Å²) < 4.78 is 5.45. The largest absolute Gasteiger partial charge is 0.356 e. The molecule has 1 atom stereocenters. The molecule has 0 radical (unpaired) electrons. The van der Waals surface area contributed by atoms with Crippen molar-refractivity contribution in [2.75, 3.05) is 13.1 Å². The second kappa shape index (κ2) is 7.59. The highest BCUT2D eigenvalue weighted by atomic mass is 35.5. The number of aromatic nitrogens is 1. The van der Waals surface area contributed by atoms with Gasteiger partial charge in [0.2, 0.25) is 0 Å². The molecular weight excluding hydrogens is 286 g/mol. The molecule has 0 saturated carbocycles. The SMILES string of the molecule is Cl.NCC1CCCCN1Cc1cc(-c2ccccc2)on1. The fourth-order valence-corrected chi connectivity index (χ4v) is 2.87. The Kier molecular flexibility index (Phi) is 5.79. The van der Waals surface area contributed by atoms with Gasteiger partial charge >= 0.3 is 0 Å². The maximum absolute atomic E-state index is 5.86. The summed E-state index contributed by atoms with van der Waals surface area (Å²) in [6.45, 7) is 2.66. The van der Waals surface area contributed by atoms with Crippen molar-refractivity contribution in [3.05, 3.63) is 42.1 Å². The van der Waals surface area contributed by atoms with Gasteiger partial charge in [-0.15, -0.1) is 12.4 Å². The van der Waals surface area contributed by atoms with Gasteiger partial charge in [0.15, 0.2) is 5.76 Å². The van der Waals surface area contributed by atoms with Crippen LogP contribution >= 0.6 is 12.4 Å². The van der Waals surface area contributed by atoms with E-state index in [2.05, 4.69) is 10.1 Å². The minimum absolute atomic E-state index is 0. The number of nitrogens with zero attached hydrogens (tertiary/aromatic N) is 2. The van der Waals surface area contributed by atoms with E-state index in [1.165, 1.54) is 19.3 Å².